The van der Waals surface area contributed by atoms with Gasteiger partial charge in [0.15, 0.2) is 0 Å². The number of carbonyl (C=O) groups excluding carboxylic acids is 1. The van der Waals surface area contributed by atoms with E-state index in [1.165, 1.54) is 12.3 Å². The third-order valence-corrected chi connectivity index (χ3v) is 3.47. The number of nitrogens with zero attached hydrogens (tertiary/aromatic N) is 3. The van der Waals surface area contributed by atoms with E-state index < -0.39 is 0 Å². The summed E-state index contributed by atoms with van der Waals surface area (Å²) in [5.41, 5.74) is 0.321. The van der Waals surface area contributed by atoms with E-state index in [-0.39, 0.29) is 23.6 Å². The van der Waals surface area contributed by atoms with E-state index in [1.807, 2.05) is 0 Å². The van der Waals surface area contributed by atoms with Crippen molar-refractivity contribution in [2.24, 2.45) is 0 Å². The summed E-state index contributed by atoms with van der Waals surface area (Å²) < 4.78 is 16.0. The first-order chi connectivity index (χ1) is 11.1. The summed E-state index contributed by atoms with van der Waals surface area (Å²) in [5.74, 6) is 0.727. The van der Waals surface area contributed by atoms with Crippen molar-refractivity contribution in [1.82, 2.24) is 20.5 Å². The van der Waals surface area contributed by atoms with Crippen LogP contribution in [0.5, 0.6) is 5.88 Å². The zero-order chi connectivity index (χ0) is 16.2. The van der Waals surface area contributed by atoms with Gasteiger partial charge in [0, 0.05) is 19.5 Å². The molecule has 9 heteroatoms. The van der Waals surface area contributed by atoms with Gasteiger partial charge in [-0.15, -0.1) is 10.2 Å². The Hall–Kier alpha value is -2.19. The molecule has 1 aliphatic rings. The van der Waals surface area contributed by atoms with Crippen LogP contribution >= 0.6 is 11.6 Å². The number of aromatic nitrogens is 3. The lowest BCUT2D eigenvalue weighted by Crippen LogP contribution is -2.23. The molecule has 8 nitrogen and oxygen atoms in total. The molecule has 0 aliphatic carbocycles. The van der Waals surface area contributed by atoms with Gasteiger partial charge in [0.1, 0.15) is 11.1 Å². The minimum Gasteiger partial charge on any atom is -0.471 e. The molecule has 0 radical (unpaired) electrons. The summed E-state index contributed by atoms with van der Waals surface area (Å²) in [4.78, 5) is 16.2. The number of carbonyl (C=O) groups is 1. The molecule has 3 rings (SSSR count). The van der Waals surface area contributed by atoms with Crippen molar-refractivity contribution in [3.05, 3.63) is 34.6 Å². The van der Waals surface area contributed by atoms with Crippen LogP contribution in [0.2, 0.25) is 5.02 Å². The number of pyridine rings is 1. The molecular formula is C14H15ClN4O4. The summed E-state index contributed by atoms with van der Waals surface area (Å²) in [6.45, 7) is 2.99. The first-order valence-electron chi connectivity index (χ1n) is 7.09. The minimum atomic E-state index is -0.342. The van der Waals surface area contributed by atoms with Crippen molar-refractivity contribution < 1.29 is 18.7 Å². The number of hydrogen-bond acceptors (Lipinski definition) is 7. The minimum absolute atomic E-state index is 0.0551. The molecule has 1 amide bonds. The number of hydrogen-bond donors (Lipinski definition) is 1. The lowest BCUT2D eigenvalue weighted by molar-refractivity contribution is 0.0946. The molecule has 2 aromatic heterocycles. The van der Waals surface area contributed by atoms with E-state index in [0.29, 0.717) is 36.4 Å². The van der Waals surface area contributed by atoms with Crippen LogP contribution in [0.4, 0.5) is 0 Å². The highest BCUT2D eigenvalue weighted by Crippen LogP contribution is 2.25. The van der Waals surface area contributed by atoms with Crippen LogP contribution in [0, 0.1) is 6.92 Å². The fraction of sp³-hybridized carbons (Fsp3) is 0.429. The highest BCUT2D eigenvalue weighted by atomic mass is 35.5. The van der Waals surface area contributed by atoms with E-state index in [1.54, 1.807) is 6.92 Å². The molecule has 0 bridgehead atoms. The van der Waals surface area contributed by atoms with Crippen LogP contribution < -0.4 is 10.1 Å². The number of halogens is 1. The standard InChI is InChI=1S/C14H15ClN4O4/c1-8-18-19-12(22-8)6-16-13(20)9-4-11(15)14(17-5-9)23-10-2-3-21-7-10/h4-5,10H,2-3,6-7H2,1H3,(H,16,20)/t10-/m1/s1. The smallest absolute Gasteiger partial charge is 0.253 e. The zero-order valence-electron chi connectivity index (χ0n) is 12.4. The molecule has 0 spiro atoms. The Kier molecular flexibility index (Phi) is 4.73. The van der Waals surface area contributed by atoms with Crippen molar-refractivity contribution in [2.75, 3.05) is 13.2 Å². The van der Waals surface area contributed by atoms with Gasteiger partial charge < -0.3 is 19.2 Å². The van der Waals surface area contributed by atoms with Gasteiger partial charge in [-0.2, -0.15) is 0 Å². The Morgan fingerprint density at radius 2 is 2.39 bits per heavy atom. The van der Waals surface area contributed by atoms with Crippen LogP contribution in [-0.2, 0) is 11.3 Å². The van der Waals surface area contributed by atoms with Gasteiger partial charge >= 0.3 is 0 Å². The van der Waals surface area contributed by atoms with Crippen molar-refractivity contribution in [3.63, 3.8) is 0 Å². The average Bonchev–Trinajstić information content (AvgIpc) is 3.18. The number of ether oxygens (including phenoxy) is 2. The third-order valence-electron chi connectivity index (χ3n) is 3.20. The summed E-state index contributed by atoms with van der Waals surface area (Å²) >= 11 is 6.12. The average molecular weight is 339 g/mol. The Morgan fingerprint density at radius 3 is 3.04 bits per heavy atom. The number of amides is 1. The summed E-state index contributed by atoms with van der Waals surface area (Å²) in [5, 5.41) is 10.4. The van der Waals surface area contributed by atoms with Gasteiger partial charge in [-0.05, 0) is 6.07 Å². The molecule has 3 heterocycles. The van der Waals surface area contributed by atoms with Gasteiger partial charge in [0.2, 0.25) is 17.7 Å². The molecule has 0 aromatic carbocycles. The van der Waals surface area contributed by atoms with Crippen molar-refractivity contribution in [2.45, 2.75) is 26.0 Å². The van der Waals surface area contributed by atoms with Gasteiger partial charge in [0.05, 0.1) is 25.3 Å². The number of rotatable bonds is 5. The van der Waals surface area contributed by atoms with Crippen LogP contribution in [0.15, 0.2) is 16.7 Å². The van der Waals surface area contributed by atoms with Crippen molar-refractivity contribution >= 4 is 17.5 Å². The maximum Gasteiger partial charge on any atom is 0.253 e. The second-order valence-electron chi connectivity index (χ2n) is 5.01. The third kappa shape index (κ3) is 3.96. The molecule has 1 aliphatic heterocycles. The van der Waals surface area contributed by atoms with Crippen LogP contribution in [0.25, 0.3) is 0 Å². The van der Waals surface area contributed by atoms with E-state index in [0.717, 1.165) is 6.42 Å². The fourth-order valence-electron chi connectivity index (χ4n) is 2.07. The SMILES string of the molecule is Cc1nnc(CNC(=O)c2cnc(O[C@@H]3CCOC3)c(Cl)c2)o1. The number of aryl methyl sites for hydroxylation is 1. The van der Waals surface area contributed by atoms with Crippen molar-refractivity contribution in [1.29, 1.82) is 0 Å². The lowest BCUT2D eigenvalue weighted by Gasteiger charge is -2.12. The molecule has 2 aromatic rings. The molecule has 1 saturated heterocycles. The topological polar surface area (TPSA) is 99.4 Å². The molecule has 1 N–H and O–H groups in total. The van der Waals surface area contributed by atoms with Gasteiger partial charge in [-0.3, -0.25) is 4.79 Å². The van der Waals surface area contributed by atoms with E-state index in [9.17, 15) is 4.79 Å². The van der Waals surface area contributed by atoms with Crippen molar-refractivity contribution in [3.8, 4) is 5.88 Å². The molecule has 1 fully saturated rings. The highest BCUT2D eigenvalue weighted by Gasteiger charge is 2.20. The molecule has 0 unspecified atom stereocenters. The number of nitrogens with one attached hydrogen (secondary N) is 1. The maximum absolute atomic E-state index is 12.1. The Balaban J connectivity index is 1.60. The maximum atomic E-state index is 12.1. The largest absolute Gasteiger partial charge is 0.471 e. The van der Waals surface area contributed by atoms with Gasteiger partial charge in [-0.25, -0.2) is 4.98 Å². The lowest BCUT2D eigenvalue weighted by atomic mass is 10.2. The van der Waals surface area contributed by atoms with Gasteiger partial charge in [0.25, 0.3) is 5.91 Å². The predicted octanol–water partition coefficient (Wildman–Crippen LogP) is 1.52. The second kappa shape index (κ2) is 6.93. The summed E-state index contributed by atoms with van der Waals surface area (Å²) in [6, 6.07) is 1.51. The molecule has 1 atom stereocenters. The van der Waals surface area contributed by atoms with Crippen LogP contribution in [0.1, 0.15) is 28.6 Å². The molecule has 122 valence electrons. The first kappa shape index (κ1) is 15.7. The quantitative estimate of drug-likeness (QED) is 0.882. The highest BCUT2D eigenvalue weighted by molar-refractivity contribution is 6.32. The monoisotopic (exact) mass is 338 g/mol. The molecule has 23 heavy (non-hydrogen) atoms. The summed E-state index contributed by atoms with van der Waals surface area (Å²) in [7, 11) is 0. The Morgan fingerprint density at radius 1 is 1.52 bits per heavy atom. The van der Waals surface area contributed by atoms with Crippen LogP contribution in [-0.4, -0.2) is 40.4 Å². The van der Waals surface area contributed by atoms with E-state index in [4.69, 9.17) is 25.5 Å². The van der Waals surface area contributed by atoms with Crippen LogP contribution in [0.3, 0.4) is 0 Å². The summed E-state index contributed by atoms with van der Waals surface area (Å²) in [6.07, 6.45) is 2.15. The Bertz CT molecular complexity index is 700. The van der Waals surface area contributed by atoms with E-state index in [2.05, 4.69) is 20.5 Å². The fourth-order valence-corrected chi connectivity index (χ4v) is 2.28. The first-order valence-corrected chi connectivity index (χ1v) is 7.47. The normalized spacial score (nSPS) is 17.2. The Labute approximate surface area is 137 Å². The zero-order valence-corrected chi connectivity index (χ0v) is 13.2. The molecular weight excluding hydrogens is 324 g/mol. The second-order valence-corrected chi connectivity index (χ2v) is 5.42. The molecule has 0 saturated carbocycles. The van der Waals surface area contributed by atoms with E-state index >= 15 is 0 Å². The predicted molar refractivity (Wildman–Crippen MR) is 79.3 cm³/mol. The van der Waals surface area contributed by atoms with Gasteiger partial charge in [-0.1, -0.05) is 11.6 Å².